The summed E-state index contributed by atoms with van der Waals surface area (Å²) >= 11 is 0. The first-order valence-electron chi connectivity index (χ1n) is 7.15. The summed E-state index contributed by atoms with van der Waals surface area (Å²) in [6, 6.07) is 14.1. The number of rotatable bonds is 3. The van der Waals surface area contributed by atoms with Crippen LogP contribution in [-0.2, 0) is 11.3 Å². The molecule has 1 N–H and O–H groups in total. The van der Waals surface area contributed by atoms with Crippen molar-refractivity contribution in [3.63, 3.8) is 0 Å². The van der Waals surface area contributed by atoms with Gasteiger partial charge in [-0.1, -0.05) is 30.3 Å². The van der Waals surface area contributed by atoms with Gasteiger partial charge < -0.3 is 10.1 Å². The van der Waals surface area contributed by atoms with Gasteiger partial charge in [0.05, 0.1) is 0 Å². The number of alkyl carbamates (subject to hydrolysis) is 1. The Morgan fingerprint density at radius 1 is 1.09 bits per heavy atom. The van der Waals surface area contributed by atoms with E-state index in [1.54, 1.807) is 12.1 Å². The molecular weight excluding hydrogens is 281 g/mol. The highest BCUT2D eigenvalue weighted by atomic mass is 19.1. The van der Waals surface area contributed by atoms with Crippen LogP contribution in [0.25, 0.3) is 11.1 Å². The second-order valence-corrected chi connectivity index (χ2v) is 6.06. The number of hydrogen-bond acceptors (Lipinski definition) is 2. The molecule has 0 unspecified atom stereocenters. The smallest absolute Gasteiger partial charge is 0.407 e. The lowest BCUT2D eigenvalue weighted by atomic mass is 10.0. The summed E-state index contributed by atoms with van der Waals surface area (Å²) in [6.45, 7) is 5.84. The number of ether oxygens (including phenoxy) is 1. The van der Waals surface area contributed by atoms with Gasteiger partial charge in [0.1, 0.15) is 11.4 Å². The number of halogens is 1. The largest absolute Gasteiger partial charge is 0.444 e. The van der Waals surface area contributed by atoms with Crippen molar-refractivity contribution in [2.45, 2.75) is 32.9 Å². The SMILES string of the molecule is CC(C)(C)OC(=O)NCc1cccc(-c2ccc(F)cc2)c1. The van der Waals surface area contributed by atoms with E-state index in [-0.39, 0.29) is 5.82 Å². The molecule has 4 heteroatoms. The van der Waals surface area contributed by atoms with Gasteiger partial charge in [0.2, 0.25) is 0 Å². The predicted octanol–water partition coefficient (Wildman–Crippen LogP) is 4.52. The summed E-state index contributed by atoms with van der Waals surface area (Å²) in [5, 5.41) is 2.72. The predicted molar refractivity (Wildman–Crippen MR) is 84.9 cm³/mol. The molecule has 1 amide bonds. The van der Waals surface area contributed by atoms with Gasteiger partial charge in [-0.2, -0.15) is 0 Å². The van der Waals surface area contributed by atoms with Crippen molar-refractivity contribution in [2.24, 2.45) is 0 Å². The van der Waals surface area contributed by atoms with Crippen LogP contribution in [0.3, 0.4) is 0 Å². The lowest BCUT2D eigenvalue weighted by Gasteiger charge is -2.19. The average molecular weight is 301 g/mol. The lowest BCUT2D eigenvalue weighted by Crippen LogP contribution is -2.32. The van der Waals surface area contributed by atoms with Crippen LogP contribution >= 0.6 is 0 Å². The number of hydrogen-bond donors (Lipinski definition) is 1. The van der Waals surface area contributed by atoms with E-state index in [4.69, 9.17) is 4.74 Å². The molecule has 0 heterocycles. The van der Waals surface area contributed by atoms with E-state index in [2.05, 4.69) is 5.32 Å². The first-order chi connectivity index (χ1) is 10.3. The number of nitrogens with one attached hydrogen (secondary N) is 1. The third kappa shape index (κ3) is 4.88. The molecule has 0 spiro atoms. The van der Waals surface area contributed by atoms with Crippen molar-refractivity contribution < 1.29 is 13.9 Å². The summed E-state index contributed by atoms with van der Waals surface area (Å²) in [4.78, 5) is 11.6. The van der Waals surface area contributed by atoms with Gasteiger partial charge in [-0.15, -0.1) is 0 Å². The van der Waals surface area contributed by atoms with Gasteiger partial charge in [0.15, 0.2) is 0 Å². The van der Waals surface area contributed by atoms with Gasteiger partial charge in [0.25, 0.3) is 0 Å². The second kappa shape index (κ2) is 6.60. The maximum Gasteiger partial charge on any atom is 0.407 e. The molecule has 2 rings (SSSR count). The normalized spacial score (nSPS) is 11.1. The Kier molecular flexibility index (Phi) is 4.81. The minimum Gasteiger partial charge on any atom is -0.444 e. The molecule has 2 aromatic carbocycles. The van der Waals surface area contributed by atoms with E-state index in [1.165, 1.54) is 12.1 Å². The molecule has 0 aliphatic carbocycles. The highest BCUT2D eigenvalue weighted by Crippen LogP contribution is 2.20. The number of carbonyl (C=O) groups is 1. The Balaban J connectivity index is 2.03. The van der Waals surface area contributed by atoms with Crippen LogP contribution in [0.4, 0.5) is 9.18 Å². The van der Waals surface area contributed by atoms with E-state index in [9.17, 15) is 9.18 Å². The molecule has 22 heavy (non-hydrogen) atoms. The molecule has 0 saturated heterocycles. The second-order valence-electron chi connectivity index (χ2n) is 6.06. The maximum atomic E-state index is 13.0. The number of amides is 1. The van der Waals surface area contributed by atoms with Crippen LogP contribution in [0.2, 0.25) is 0 Å². The van der Waals surface area contributed by atoms with Gasteiger partial charge in [0, 0.05) is 6.54 Å². The molecule has 0 bridgehead atoms. The Labute approximate surface area is 130 Å². The fourth-order valence-corrected chi connectivity index (χ4v) is 1.99. The molecule has 0 radical (unpaired) electrons. The van der Waals surface area contributed by atoms with E-state index < -0.39 is 11.7 Å². The zero-order valence-corrected chi connectivity index (χ0v) is 13.0. The fourth-order valence-electron chi connectivity index (χ4n) is 1.99. The maximum absolute atomic E-state index is 13.0. The Bertz CT molecular complexity index is 645. The number of carbonyl (C=O) groups excluding carboxylic acids is 1. The Morgan fingerprint density at radius 3 is 2.41 bits per heavy atom. The summed E-state index contributed by atoms with van der Waals surface area (Å²) in [5.41, 5.74) is 2.34. The molecule has 116 valence electrons. The molecule has 0 aromatic heterocycles. The zero-order valence-electron chi connectivity index (χ0n) is 13.0. The topological polar surface area (TPSA) is 38.3 Å². The van der Waals surface area contributed by atoms with E-state index in [0.29, 0.717) is 6.54 Å². The standard InChI is InChI=1S/C18H20FNO2/c1-18(2,3)22-17(21)20-12-13-5-4-6-15(11-13)14-7-9-16(19)10-8-14/h4-11H,12H2,1-3H3,(H,20,21). The highest BCUT2D eigenvalue weighted by Gasteiger charge is 2.15. The Hall–Kier alpha value is -2.36. The van der Waals surface area contributed by atoms with Gasteiger partial charge in [-0.25, -0.2) is 9.18 Å². The zero-order chi connectivity index (χ0) is 16.2. The van der Waals surface area contributed by atoms with Crippen LogP contribution in [0.1, 0.15) is 26.3 Å². The van der Waals surface area contributed by atoms with E-state index in [0.717, 1.165) is 16.7 Å². The molecule has 3 nitrogen and oxygen atoms in total. The lowest BCUT2D eigenvalue weighted by molar-refractivity contribution is 0.0523. The van der Waals surface area contributed by atoms with Crippen LogP contribution < -0.4 is 5.32 Å². The molecule has 0 atom stereocenters. The van der Waals surface area contributed by atoms with Gasteiger partial charge >= 0.3 is 6.09 Å². The molecule has 0 aliphatic heterocycles. The third-order valence-electron chi connectivity index (χ3n) is 2.94. The summed E-state index contributed by atoms with van der Waals surface area (Å²) in [6.07, 6.45) is -0.445. The third-order valence-corrected chi connectivity index (χ3v) is 2.94. The molecule has 0 saturated carbocycles. The van der Waals surface area contributed by atoms with Gasteiger partial charge in [-0.3, -0.25) is 0 Å². The minimum absolute atomic E-state index is 0.258. The molecule has 0 aliphatic rings. The van der Waals surface area contributed by atoms with Crippen molar-refractivity contribution >= 4 is 6.09 Å². The summed E-state index contributed by atoms with van der Waals surface area (Å²) < 4.78 is 18.2. The fraction of sp³-hybridized carbons (Fsp3) is 0.278. The monoisotopic (exact) mass is 301 g/mol. The first-order valence-corrected chi connectivity index (χ1v) is 7.15. The Morgan fingerprint density at radius 2 is 1.77 bits per heavy atom. The van der Waals surface area contributed by atoms with Crippen LogP contribution in [0.15, 0.2) is 48.5 Å². The minimum atomic E-state index is -0.514. The number of benzene rings is 2. The van der Waals surface area contributed by atoms with Crippen LogP contribution in [0.5, 0.6) is 0 Å². The quantitative estimate of drug-likeness (QED) is 0.905. The van der Waals surface area contributed by atoms with Gasteiger partial charge in [-0.05, 0) is 55.7 Å². The molecule has 2 aromatic rings. The van der Waals surface area contributed by atoms with Crippen molar-refractivity contribution in [2.75, 3.05) is 0 Å². The van der Waals surface area contributed by atoms with E-state index in [1.807, 2.05) is 45.0 Å². The average Bonchev–Trinajstić information content (AvgIpc) is 2.44. The van der Waals surface area contributed by atoms with Crippen LogP contribution in [0, 0.1) is 5.82 Å². The first kappa shape index (κ1) is 16.0. The summed E-state index contributed by atoms with van der Waals surface area (Å²) in [7, 11) is 0. The van der Waals surface area contributed by atoms with Crippen molar-refractivity contribution in [3.05, 3.63) is 59.9 Å². The molecular formula is C18H20FNO2. The summed E-state index contributed by atoms with van der Waals surface area (Å²) in [5.74, 6) is -0.258. The highest BCUT2D eigenvalue weighted by molar-refractivity contribution is 5.68. The van der Waals surface area contributed by atoms with Crippen molar-refractivity contribution in [1.82, 2.24) is 5.32 Å². The molecule has 0 fully saturated rings. The van der Waals surface area contributed by atoms with Crippen molar-refractivity contribution in [1.29, 1.82) is 0 Å². The van der Waals surface area contributed by atoms with Crippen LogP contribution in [-0.4, -0.2) is 11.7 Å². The van der Waals surface area contributed by atoms with E-state index >= 15 is 0 Å². The van der Waals surface area contributed by atoms with Crippen molar-refractivity contribution in [3.8, 4) is 11.1 Å².